The highest BCUT2D eigenvalue weighted by Gasteiger charge is 2.28. The highest BCUT2D eigenvalue weighted by Crippen LogP contribution is 2.49. The van der Waals surface area contributed by atoms with E-state index in [1.165, 1.54) is 18.8 Å². The molecule has 0 N–H and O–H groups in total. The Kier molecular flexibility index (Phi) is 4.77. The molecule has 0 aliphatic heterocycles. The number of benzene rings is 1. The number of carbonyl (C=O) groups excluding carboxylic acids is 1. The van der Waals surface area contributed by atoms with Gasteiger partial charge in [0.05, 0.1) is 17.6 Å². The van der Waals surface area contributed by atoms with Crippen LogP contribution in [-0.4, -0.2) is 36.5 Å². The van der Waals surface area contributed by atoms with Crippen LogP contribution in [0.3, 0.4) is 0 Å². The molecule has 0 saturated carbocycles. The van der Waals surface area contributed by atoms with Crippen molar-refractivity contribution < 1.29 is 23.1 Å². The van der Waals surface area contributed by atoms with E-state index in [0.717, 1.165) is 0 Å². The summed E-state index contributed by atoms with van der Waals surface area (Å²) in [5, 5.41) is 0. The molecule has 0 radical (unpaired) electrons. The molecule has 21 heavy (non-hydrogen) atoms. The number of carbonyl (C=O) groups is 1. The van der Waals surface area contributed by atoms with Gasteiger partial charge in [-0.1, -0.05) is 12.1 Å². The first-order valence-corrected chi connectivity index (χ1v) is 8.11. The van der Waals surface area contributed by atoms with Gasteiger partial charge in [-0.25, -0.2) is 14.3 Å². The normalized spacial score (nSPS) is 11.8. The highest BCUT2D eigenvalue weighted by atomic mass is 31.2. The second kappa shape index (κ2) is 6.39. The molecule has 0 bridgehead atoms. The second-order valence-corrected chi connectivity index (χ2v) is 6.45. The summed E-state index contributed by atoms with van der Waals surface area (Å²) in [6.07, 6.45) is -0.687. The molecule has 1 aromatic carbocycles. The van der Waals surface area contributed by atoms with Crippen molar-refractivity contribution in [3.8, 4) is 0 Å². The van der Waals surface area contributed by atoms with Crippen molar-refractivity contribution in [2.45, 2.75) is 13.1 Å². The van der Waals surface area contributed by atoms with Crippen LogP contribution < -0.4 is 0 Å². The minimum absolute atomic E-state index is 0.118. The van der Waals surface area contributed by atoms with Crippen LogP contribution in [-0.2, 0) is 24.5 Å². The Balaban J connectivity index is 2.54. The van der Waals surface area contributed by atoms with Crippen molar-refractivity contribution in [2.75, 3.05) is 20.8 Å². The fourth-order valence-corrected chi connectivity index (χ4v) is 2.92. The van der Waals surface area contributed by atoms with Crippen molar-refractivity contribution >= 4 is 24.7 Å². The molecule has 0 fully saturated rings. The monoisotopic (exact) mass is 312 g/mol. The molecular weight excluding hydrogens is 295 g/mol. The van der Waals surface area contributed by atoms with Crippen LogP contribution in [0.2, 0.25) is 0 Å². The van der Waals surface area contributed by atoms with E-state index in [4.69, 9.17) is 13.8 Å². The number of rotatable bonds is 5. The van der Waals surface area contributed by atoms with Gasteiger partial charge in [-0.3, -0.25) is 4.57 Å². The standard InChI is InChI=1S/C13H17N2O5P/c1-4-20-13(16)15-11-8-6-5-7-10(11)14-12(15)9-21(17,18-2)19-3/h5-8H,4,9H2,1-3H3. The van der Waals surface area contributed by atoms with E-state index in [1.54, 1.807) is 31.2 Å². The lowest BCUT2D eigenvalue weighted by molar-refractivity contribution is 0.154. The molecule has 0 unspecified atom stereocenters. The predicted molar refractivity (Wildman–Crippen MR) is 77.5 cm³/mol. The van der Waals surface area contributed by atoms with Crippen molar-refractivity contribution in [3.05, 3.63) is 30.1 Å². The molecule has 0 aliphatic carbocycles. The molecule has 8 heteroatoms. The van der Waals surface area contributed by atoms with E-state index < -0.39 is 13.7 Å². The topological polar surface area (TPSA) is 79.7 Å². The third-order valence-corrected chi connectivity index (χ3v) is 4.75. The molecular formula is C13H17N2O5P. The Morgan fingerprint density at radius 2 is 1.95 bits per heavy atom. The van der Waals surface area contributed by atoms with E-state index in [2.05, 4.69) is 4.98 Å². The zero-order valence-electron chi connectivity index (χ0n) is 12.1. The SMILES string of the molecule is CCOC(=O)n1c(CP(=O)(OC)OC)nc2ccccc21. The number of hydrogen-bond acceptors (Lipinski definition) is 6. The lowest BCUT2D eigenvalue weighted by atomic mass is 10.3. The Morgan fingerprint density at radius 1 is 1.29 bits per heavy atom. The van der Waals surface area contributed by atoms with Gasteiger partial charge < -0.3 is 13.8 Å². The van der Waals surface area contributed by atoms with E-state index in [0.29, 0.717) is 11.0 Å². The molecule has 7 nitrogen and oxygen atoms in total. The second-order valence-electron chi connectivity index (χ2n) is 4.19. The average Bonchev–Trinajstić information content (AvgIpc) is 2.84. The molecule has 0 amide bonds. The maximum absolute atomic E-state index is 12.3. The van der Waals surface area contributed by atoms with Crippen LogP contribution in [0, 0.1) is 0 Å². The summed E-state index contributed by atoms with van der Waals surface area (Å²) in [5.74, 6) is 0.279. The van der Waals surface area contributed by atoms with Crippen LogP contribution in [0.1, 0.15) is 12.7 Å². The number of ether oxygens (including phenoxy) is 1. The number of para-hydroxylation sites is 2. The van der Waals surface area contributed by atoms with Gasteiger partial charge in [-0.15, -0.1) is 0 Å². The Morgan fingerprint density at radius 3 is 2.57 bits per heavy atom. The van der Waals surface area contributed by atoms with Crippen LogP contribution in [0.5, 0.6) is 0 Å². The molecule has 0 spiro atoms. The first kappa shape index (κ1) is 15.7. The number of fused-ring (bicyclic) bond motifs is 1. The maximum atomic E-state index is 12.3. The third kappa shape index (κ3) is 3.15. The summed E-state index contributed by atoms with van der Waals surface area (Å²) < 4.78 is 28.4. The lowest BCUT2D eigenvalue weighted by Gasteiger charge is -2.14. The van der Waals surface area contributed by atoms with Crippen molar-refractivity contribution in [1.82, 2.24) is 9.55 Å². The highest BCUT2D eigenvalue weighted by molar-refractivity contribution is 7.52. The van der Waals surface area contributed by atoms with Crippen LogP contribution in [0.4, 0.5) is 4.79 Å². The van der Waals surface area contributed by atoms with Gasteiger partial charge in [0, 0.05) is 14.2 Å². The first-order chi connectivity index (χ1) is 10.0. The molecule has 0 aliphatic rings. The maximum Gasteiger partial charge on any atom is 0.419 e. The summed E-state index contributed by atoms with van der Waals surface area (Å²) in [6, 6.07) is 7.10. The minimum Gasteiger partial charge on any atom is -0.449 e. The van der Waals surface area contributed by atoms with Gasteiger partial charge in [0.1, 0.15) is 12.0 Å². The van der Waals surface area contributed by atoms with Gasteiger partial charge in [-0.05, 0) is 19.1 Å². The molecule has 1 heterocycles. The third-order valence-electron chi connectivity index (χ3n) is 2.97. The number of hydrogen-bond donors (Lipinski definition) is 0. The zero-order chi connectivity index (χ0) is 15.5. The van der Waals surface area contributed by atoms with Crippen molar-refractivity contribution in [2.24, 2.45) is 0 Å². The summed E-state index contributed by atoms with van der Waals surface area (Å²) in [5.41, 5.74) is 1.20. The summed E-state index contributed by atoms with van der Waals surface area (Å²) in [7, 11) is -0.748. The average molecular weight is 312 g/mol. The van der Waals surface area contributed by atoms with E-state index >= 15 is 0 Å². The molecule has 1 aromatic heterocycles. The molecule has 0 atom stereocenters. The van der Waals surface area contributed by atoms with E-state index in [-0.39, 0.29) is 18.6 Å². The van der Waals surface area contributed by atoms with Gasteiger partial charge >= 0.3 is 13.7 Å². The van der Waals surface area contributed by atoms with Gasteiger partial charge in [0.2, 0.25) is 0 Å². The minimum atomic E-state index is -3.33. The zero-order valence-corrected chi connectivity index (χ0v) is 13.0. The van der Waals surface area contributed by atoms with Gasteiger partial charge in [0.15, 0.2) is 0 Å². The predicted octanol–water partition coefficient (Wildman–Crippen LogP) is 3.03. The quantitative estimate of drug-likeness (QED) is 0.790. The summed E-state index contributed by atoms with van der Waals surface area (Å²) in [6.45, 7) is 1.95. The molecule has 114 valence electrons. The molecule has 0 saturated heterocycles. The summed E-state index contributed by atoms with van der Waals surface area (Å²) in [4.78, 5) is 16.5. The molecule has 2 aromatic rings. The fraction of sp³-hybridized carbons (Fsp3) is 0.385. The van der Waals surface area contributed by atoms with E-state index in [9.17, 15) is 9.36 Å². The van der Waals surface area contributed by atoms with Crippen molar-refractivity contribution in [1.29, 1.82) is 0 Å². The number of aromatic nitrogens is 2. The number of nitrogens with zero attached hydrogens (tertiary/aromatic N) is 2. The largest absolute Gasteiger partial charge is 0.449 e. The summed E-state index contributed by atoms with van der Waals surface area (Å²) >= 11 is 0. The smallest absolute Gasteiger partial charge is 0.419 e. The van der Waals surface area contributed by atoms with E-state index in [1.807, 2.05) is 0 Å². The number of imidazole rings is 1. The van der Waals surface area contributed by atoms with Crippen LogP contribution in [0.15, 0.2) is 24.3 Å². The Labute approximate surface area is 122 Å². The molecule has 2 rings (SSSR count). The fourth-order valence-electron chi connectivity index (χ4n) is 1.95. The van der Waals surface area contributed by atoms with Gasteiger partial charge in [0.25, 0.3) is 0 Å². The lowest BCUT2D eigenvalue weighted by Crippen LogP contribution is -2.17. The van der Waals surface area contributed by atoms with Crippen LogP contribution in [0.25, 0.3) is 11.0 Å². The van der Waals surface area contributed by atoms with Crippen LogP contribution >= 0.6 is 7.60 Å². The first-order valence-electron chi connectivity index (χ1n) is 6.38. The van der Waals surface area contributed by atoms with Gasteiger partial charge in [-0.2, -0.15) is 0 Å². The van der Waals surface area contributed by atoms with Crippen molar-refractivity contribution in [3.63, 3.8) is 0 Å². The Hall–Kier alpha value is -1.69. The Bertz CT molecular complexity index is 689.